The lowest BCUT2D eigenvalue weighted by atomic mass is 10.0. The number of fused-ring (bicyclic) bond motifs is 1. The molecule has 35 heavy (non-hydrogen) atoms. The molecule has 0 unspecified atom stereocenters. The van der Waals surface area contributed by atoms with Crippen LogP contribution in [0, 0.1) is 0 Å². The number of furan rings is 1. The molecular weight excluding hydrogens is 536 g/mol. The number of hydrogen-bond donors (Lipinski definition) is 1. The van der Waals surface area contributed by atoms with E-state index in [4.69, 9.17) is 20.8 Å². The summed E-state index contributed by atoms with van der Waals surface area (Å²) in [7, 11) is 0. The van der Waals surface area contributed by atoms with E-state index in [1.54, 1.807) is 6.92 Å². The van der Waals surface area contributed by atoms with Crippen molar-refractivity contribution in [2.24, 2.45) is 0 Å². The third-order valence-corrected chi connectivity index (χ3v) is 6.64. The Morgan fingerprint density at radius 3 is 2.71 bits per heavy atom. The molecule has 0 bridgehead atoms. The van der Waals surface area contributed by atoms with Crippen LogP contribution in [0.1, 0.15) is 35.7 Å². The number of halogens is 2. The number of aryl methyl sites for hydroxylation is 1. The van der Waals surface area contributed by atoms with Crippen LogP contribution in [0.3, 0.4) is 0 Å². The molecule has 5 rings (SSSR count). The zero-order valence-corrected chi connectivity index (χ0v) is 21.2. The van der Waals surface area contributed by atoms with Gasteiger partial charge >= 0.3 is 5.97 Å². The van der Waals surface area contributed by atoms with Crippen LogP contribution < -0.4 is 0 Å². The van der Waals surface area contributed by atoms with Crippen molar-refractivity contribution < 1.29 is 13.9 Å². The van der Waals surface area contributed by atoms with Gasteiger partial charge in [0.05, 0.1) is 11.1 Å². The molecular formula is C24H20BrClN6O3. The molecule has 0 aliphatic rings. The number of aromatic amines is 1. The Hall–Kier alpha value is -3.50. The summed E-state index contributed by atoms with van der Waals surface area (Å²) in [6, 6.07) is 13.6. The van der Waals surface area contributed by atoms with Crippen LogP contribution in [0.5, 0.6) is 0 Å². The number of esters is 1. The Balaban J connectivity index is 1.57. The van der Waals surface area contributed by atoms with Gasteiger partial charge in [0.25, 0.3) is 0 Å². The fourth-order valence-electron chi connectivity index (χ4n) is 4.03. The molecule has 0 aliphatic heterocycles. The van der Waals surface area contributed by atoms with Crippen molar-refractivity contribution in [2.45, 2.75) is 26.8 Å². The normalized spacial score (nSPS) is 11.3. The quantitative estimate of drug-likeness (QED) is 0.257. The van der Waals surface area contributed by atoms with E-state index in [1.807, 2.05) is 54.0 Å². The molecule has 5 aromatic rings. The summed E-state index contributed by atoms with van der Waals surface area (Å²) in [5.74, 6) is 1.43. The van der Waals surface area contributed by atoms with Crippen molar-refractivity contribution in [1.82, 2.24) is 30.2 Å². The van der Waals surface area contributed by atoms with Crippen LogP contribution in [0.15, 0.2) is 51.4 Å². The number of aromatic nitrogens is 6. The molecule has 3 aromatic heterocycles. The summed E-state index contributed by atoms with van der Waals surface area (Å²) in [5.41, 5.74) is 3.58. The largest absolute Gasteiger partial charge is 0.461 e. The molecule has 0 fully saturated rings. The first-order chi connectivity index (χ1) is 17.0. The Labute approximate surface area is 213 Å². The number of ether oxygens (including phenoxy) is 1. The second kappa shape index (κ2) is 9.63. The van der Waals surface area contributed by atoms with Gasteiger partial charge in [-0.1, -0.05) is 48.9 Å². The lowest BCUT2D eigenvalue weighted by Crippen LogP contribution is -2.15. The van der Waals surface area contributed by atoms with Gasteiger partial charge in [0.2, 0.25) is 0 Å². The predicted molar refractivity (Wildman–Crippen MR) is 134 cm³/mol. The van der Waals surface area contributed by atoms with Crippen LogP contribution in [0.2, 0.25) is 5.15 Å². The molecule has 178 valence electrons. The Morgan fingerprint density at radius 1 is 1.20 bits per heavy atom. The van der Waals surface area contributed by atoms with Crippen LogP contribution in [-0.4, -0.2) is 42.8 Å². The number of tetrazole rings is 1. The molecule has 0 amide bonds. The summed E-state index contributed by atoms with van der Waals surface area (Å²) in [5, 5.41) is 15.2. The molecule has 0 spiro atoms. The summed E-state index contributed by atoms with van der Waals surface area (Å²) < 4.78 is 14.0. The van der Waals surface area contributed by atoms with E-state index in [0.717, 1.165) is 26.5 Å². The number of benzene rings is 2. The smallest absolute Gasteiger partial charge is 0.358 e. The number of carbonyl (C=O) groups excluding carboxylic acids is 1. The Morgan fingerprint density at radius 2 is 2.00 bits per heavy atom. The first-order valence-electron chi connectivity index (χ1n) is 11.0. The average molecular weight is 556 g/mol. The highest BCUT2D eigenvalue weighted by Crippen LogP contribution is 2.41. The van der Waals surface area contributed by atoms with Crippen molar-refractivity contribution in [3.63, 3.8) is 0 Å². The molecule has 11 heteroatoms. The number of imidazole rings is 1. The van der Waals surface area contributed by atoms with Gasteiger partial charge in [0.1, 0.15) is 17.2 Å². The zero-order valence-electron chi connectivity index (χ0n) is 18.9. The highest BCUT2D eigenvalue weighted by atomic mass is 79.9. The summed E-state index contributed by atoms with van der Waals surface area (Å²) in [4.78, 5) is 16.9. The lowest BCUT2D eigenvalue weighted by molar-refractivity contribution is 0.0514. The summed E-state index contributed by atoms with van der Waals surface area (Å²) >= 11 is 10.0. The standard InChI is InChI=1S/C24H20BrClN6O3/c1-3-18-27-22(26)20(24(33)34-4-2)32(18)12-13-9-10-17-16(11-13)19(25)21(35-17)14-7-5-6-8-15(14)23-28-30-31-29-23/h5-11H,3-4,12H2,1-2H3,(H,28,29,30,31). The van der Waals surface area contributed by atoms with E-state index < -0.39 is 5.97 Å². The van der Waals surface area contributed by atoms with Crippen molar-refractivity contribution in [3.8, 4) is 22.7 Å². The van der Waals surface area contributed by atoms with Crippen molar-refractivity contribution in [3.05, 3.63) is 69.2 Å². The lowest BCUT2D eigenvalue weighted by Gasteiger charge is -2.11. The molecule has 0 atom stereocenters. The highest BCUT2D eigenvalue weighted by Gasteiger charge is 2.24. The van der Waals surface area contributed by atoms with E-state index >= 15 is 0 Å². The van der Waals surface area contributed by atoms with Gasteiger partial charge in [-0.2, -0.15) is 0 Å². The number of carbonyl (C=O) groups is 1. The minimum absolute atomic E-state index is 0.145. The topological polar surface area (TPSA) is 112 Å². The van der Waals surface area contributed by atoms with Crippen LogP contribution in [-0.2, 0) is 17.7 Å². The Bertz CT molecular complexity index is 1530. The molecule has 1 N–H and O–H groups in total. The van der Waals surface area contributed by atoms with E-state index in [1.165, 1.54) is 0 Å². The van der Waals surface area contributed by atoms with Gasteiger partial charge in [0.15, 0.2) is 16.7 Å². The van der Waals surface area contributed by atoms with Crippen LogP contribution in [0.4, 0.5) is 0 Å². The van der Waals surface area contributed by atoms with Crippen LogP contribution >= 0.6 is 27.5 Å². The number of H-pyrrole nitrogens is 1. The molecule has 2 aromatic carbocycles. The van der Waals surface area contributed by atoms with Crippen molar-refractivity contribution >= 4 is 44.5 Å². The monoisotopic (exact) mass is 554 g/mol. The number of nitrogens with zero attached hydrogens (tertiary/aromatic N) is 5. The molecule has 9 nitrogen and oxygen atoms in total. The van der Waals surface area contributed by atoms with Crippen LogP contribution in [0.25, 0.3) is 33.7 Å². The van der Waals surface area contributed by atoms with Gasteiger partial charge in [-0.05, 0) is 51.0 Å². The first-order valence-corrected chi connectivity index (χ1v) is 12.1. The average Bonchev–Trinajstić information content (AvgIpc) is 3.58. The SMILES string of the molecule is CCOC(=O)c1c(Cl)nc(CC)n1Cc1ccc2oc(-c3ccccc3-c3nnn[nH]3)c(Br)c2c1. The van der Waals surface area contributed by atoms with E-state index in [-0.39, 0.29) is 17.5 Å². The van der Waals surface area contributed by atoms with Gasteiger partial charge in [-0.15, -0.1) is 5.10 Å². The molecule has 0 aliphatic carbocycles. The molecule has 0 saturated heterocycles. The molecule has 0 saturated carbocycles. The van der Waals surface area contributed by atoms with E-state index in [9.17, 15) is 4.79 Å². The minimum atomic E-state index is -0.490. The van der Waals surface area contributed by atoms with Gasteiger partial charge in [-0.3, -0.25) is 0 Å². The third kappa shape index (κ3) is 4.23. The highest BCUT2D eigenvalue weighted by molar-refractivity contribution is 9.10. The van der Waals surface area contributed by atoms with Gasteiger partial charge in [-0.25, -0.2) is 14.9 Å². The molecule has 0 radical (unpaired) electrons. The molecule has 3 heterocycles. The van der Waals surface area contributed by atoms with Crippen molar-refractivity contribution in [1.29, 1.82) is 0 Å². The third-order valence-electron chi connectivity index (χ3n) is 5.59. The first kappa shape index (κ1) is 23.3. The second-order valence-electron chi connectivity index (χ2n) is 7.70. The number of hydrogen-bond acceptors (Lipinski definition) is 7. The van der Waals surface area contributed by atoms with Gasteiger partial charge in [0, 0.05) is 29.5 Å². The predicted octanol–water partition coefficient (Wildman–Crippen LogP) is 5.68. The summed E-state index contributed by atoms with van der Waals surface area (Å²) in [6.07, 6.45) is 0.619. The maximum atomic E-state index is 12.6. The van der Waals surface area contributed by atoms with E-state index in [2.05, 4.69) is 41.5 Å². The maximum Gasteiger partial charge on any atom is 0.358 e. The fourth-order valence-corrected chi connectivity index (χ4v) is 4.91. The maximum absolute atomic E-state index is 12.6. The second-order valence-corrected chi connectivity index (χ2v) is 8.85. The number of rotatable bonds is 7. The van der Waals surface area contributed by atoms with Gasteiger partial charge < -0.3 is 13.7 Å². The zero-order chi connectivity index (χ0) is 24.5. The minimum Gasteiger partial charge on any atom is -0.461 e. The van der Waals surface area contributed by atoms with Crippen molar-refractivity contribution in [2.75, 3.05) is 6.61 Å². The van der Waals surface area contributed by atoms with E-state index in [0.29, 0.717) is 36.0 Å². The summed E-state index contributed by atoms with van der Waals surface area (Å²) in [6.45, 7) is 4.38. The fraction of sp³-hybridized carbons (Fsp3) is 0.208. The number of nitrogens with one attached hydrogen (secondary N) is 1. The Kier molecular flexibility index (Phi) is 6.40.